The summed E-state index contributed by atoms with van der Waals surface area (Å²) < 4.78 is 12.0. The highest BCUT2D eigenvalue weighted by atomic mass is 19.3. The van der Waals surface area contributed by atoms with Gasteiger partial charge in [0.15, 0.2) is 5.75 Å². The fourth-order valence-electron chi connectivity index (χ4n) is 1.65. The maximum absolute atomic E-state index is 12.0. The molecule has 0 aliphatic heterocycles. The van der Waals surface area contributed by atoms with Gasteiger partial charge in [0.2, 0.25) is 0 Å². The van der Waals surface area contributed by atoms with Crippen molar-refractivity contribution in [2.75, 3.05) is 0 Å². The van der Waals surface area contributed by atoms with Crippen LogP contribution in [-0.4, -0.2) is 0 Å². The van der Waals surface area contributed by atoms with E-state index < -0.39 is 0 Å². The Bertz CT molecular complexity index is 459. The highest BCUT2D eigenvalue weighted by Crippen LogP contribution is 2.13. The molecule has 2 rings (SSSR count). The Balaban J connectivity index is 1.86. The molecule has 0 atom stereocenters. The minimum atomic E-state index is 0.240. The molecule has 3 heteroatoms. The lowest BCUT2D eigenvalue weighted by molar-refractivity contribution is -0.00629. The molecule has 0 aliphatic rings. The Morgan fingerprint density at radius 2 is 1.59 bits per heavy atom. The molecule has 0 spiro atoms. The summed E-state index contributed by atoms with van der Waals surface area (Å²) in [6.45, 7) is 1.48. The van der Waals surface area contributed by atoms with Gasteiger partial charge >= 0.3 is 0 Å². The zero-order chi connectivity index (χ0) is 11.9. The van der Waals surface area contributed by atoms with E-state index in [2.05, 4.69) is 22.4 Å². The van der Waals surface area contributed by atoms with Gasteiger partial charge in [0.25, 0.3) is 0 Å². The van der Waals surface area contributed by atoms with Gasteiger partial charge in [-0.3, -0.25) is 4.94 Å². The van der Waals surface area contributed by atoms with Crippen molar-refractivity contribution in [2.24, 2.45) is 0 Å². The Hall–Kier alpha value is -1.87. The van der Waals surface area contributed by atoms with Gasteiger partial charge in [-0.15, -0.1) is 0 Å². The van der Waals surface area contributed by atoms with Gasteiger partial charge in [-0.1, -0.05) is 42.5 Å². The Morgan fingerprint density at radius 3 is 2.35 bits per heavy atom. The molecule has 2 nitrogen and oxygen atoms in total. The molecule has 0 radical (unpaired) electrons. The molecular formula is C14H14FNO. The SMILES string of the molecule is FOc1cccc(CNCc2ccccc2)c1. The molecule has 0 fully saturated rings. The van der Waals surface area contributed by atoms with Crippen LogP contribution in [0.25, 0.3) is 0 Å². The van der Waals surface area contributed by atoms with Crippen molar-refractivity contribution in [1.29, 1.82) is 0 Å². The largest absolute Gasteiger partial charge is 0.309 e. The minimum absolute atomic E-state index is 0.240. The summed E-state index contributed by atoms with van der Waals surface area (Å²) in [5, 5.41) is 3.29. The fraction of sp³-hybridized carbons (Fsp3) is 0.143. The molecule has 0 aliphatic carbocycles. The number of halogens is 1. The summed E-state index contributed by atoms with van der Waals surface area (Å²) in [5.41, 5.74) is 2.22. The molecule has 2 aromatic rings. The third-order valence-corrected chi connectivity index (χ3v) is 2.49. The van der Waals surface area contributed by atoms with Crippen LogP contribution >= 0.6 is 0 Å². The predicted molar refractivity (Wildman–Crippen MR) is 65.2 cm³/mol. The lowest BCUT2D eigenvalue weighted by Crippen LogP contribution is -2.12. The first-order chi connectivity index (χ1) is 8.38. The number of nitrogens with one attached hydrogen (secondary N) is 1. The van der Waals surface area contributed by atoms with Crippen LogP contribution in [0.5, 0.6) is 5.75 Å². The van der Waals surface area contributed by atoms with Crippen molar-refractivity contribution in [3.63, 3.8) is 0 Å². The zero-order valence-corrected chi connectivity index (χ0v) is 9.40. The van der Waals surface area contributed by atoms with E-state index in [0.717, 1.165) is 12.1 Å². The van der Waals surface area contributed by atoms with Crippen molar-refractivity contribution in [3.05, 3.63) is 65.7 Å². The maximum Gasteiger partial charge on any atom is 0.172 e. The van der Waals surface area contributed by atoms with Crippen LogP contribution in [0, 0.1) is 0 Å². The van der Waals surface area contributed by atoms with Crippen LogP contribution < -0.4 is 10.3 Å². The van der Waals surface area contributed by atoms with E-state index in [4.69, 9.17) is 0 Å². The second kappa shape index (κ2) is 6.01. The summed E-state index contributed by atoms with van der Waals surface area (Å²) in [6, 6.07) is 17.1. The van der Waals surface area contributed by atoms with E-state index >= 15 is 0 Å². The molecule has 88 valence electrons. The van der Waals surface area contributed by atoms with E-state index in [1.54, 1.807) is 18.2 Å². The molecule has 17 heavy (non-hydrogen) atoms. The van der Waals surface area contributed by atoms with Gasteiger partial charge in [0.1, 0.15) is 0 Å². The van der Waals surface area contributed by atoms with Crippen LogP contribution in [0.15, 0.2) is 54.6 Å². The van der Waals surface area contributed by atoms with Gasteiger partial charge < -0.3 is 5.32 Å². The van der Waals surface area contributed by atoms with E-state index in [0.29, 0.717) is 6.54 Å². The number of rotatable bonds is 5. The Kier molecular flexibility index (Phi) is 4.11. The van der Waals surface area contributed by atoms with Crippen LogP contribution in [0.2, 0.25) is 0 Å². The average molecular weight is 231 g/mol. The fourth-order valence-corrected chi connectivity index (χ4v) is 1.65. The molecule has 0 saturated heterocycles. The van der Waals surface area contributed by atoms with Gasteiger partial charge in [0, 0.05) is 17.6 Å². The predicted octanol–water partition coefficient (Wildman–Crippen LogP) is 3.24. The number of hydrogen-bond acceptors (Lipinski definition) is 2. The molecule has 0 amide bonds. The third-order valence-electron chi connectivity index (χ3n) is 2.49. The zero-order valence-electron chi connectivity index (χ0n) is 9.40. The molecule has 0 bridgehead atoms. The number of benzene rings is 2. The monoisotopic (exact) mass is 231 g/mol. The highest BCUT2D eigenvalue weighted by molar-refractivity contribution is 5.28. The van der Waals surface area contributed by atoms with E-state index in [9.17, 15) is 4.53 Å². The lowest BCUT2D eigenvalue weighted by atomic mass is 10.2. The third kappa shape index (κ3) is 3.57. The summed E-state index contributed by atoms with van der Waals surface area (Å²) in [5.74, 6) is 0.240. The molecule has 0 unspecified atom stereocenters. The minimum Gasteiger partial charge on any atom is -0.309 e. The normalized spacial score (nSPS) is 10.2. The smallest absolute Gasteiger partial charge is 0.172 e. The molecule has 1 N–H and O–H groups in total. The van der Waals surface area contributed by atoms with Gasteiger partial charge in [0.05, 0.1) is 0 Å². The maximum atomic E-state index is 12.0. The van der Waals surface area contributed by atoms with Gasteiger partial charge in [-0.2, -0.15) is 0 Å². The quantitative estimate of drug-likeness (QED) is 0.853. The van der Waals surface area contributed by atoms with Gasteiger partial charge in [-0.05, 0) is 23.3 Å². The first-order valence-corrected chi connectivity index (χ1v) is 5.50. The highest BCUT2D eigenvalue weighted by Gasteiger charge is 1.97. The Morgan fingerprint density at radius 1 is 0.882 bits per heavy atom. The van der Waals surface area contributed by atoms with E-state index in [-0.39, 0.29) is 5.75 Å². The molecule has 2 aromatic carbocycles. The van der Waals surface area contributed by atoms with E-state index in [1.807, 2.05) is 24.3 Å². The van der Waals surface area contributed by atoms with E-state index in [1.165, 1.54) is 5.56 Å². The molecule has 0 heterocycles. The van der Waals surface area contributed by atoms with Crippen LogP contribution in [0.4, 0.5) is 4.53 Å². The standard InChI is InChI=1S/C14H14FNO/c15-17-14-8-4-7-13(9-14)11-16-10-12-5-2-1-3-6-12/h1-9,16H,10-11H2. The first kappa shape index (κ1) is 11.6. The van der Waals surface area contributed by atoms with Crippen molar-refractivity contribution in [2.45, 2.75) is 13.1 Å². The second-order valence-electron chi connectivity index (χ2n) is 3.81. The average Bonchev–Trinajstić information content (AvgIpc) is 2.40. The summed E-state index contributed by atoms with van der Waals surface area (Å²) in [7, 11) is 0. The molecule has 0 aromatic heterocycles. The Labute approximate surface area is 99.9 Å². The van der Waals surface area contributed by atoms with Crippen molar-refractivity contribution >= 4 is 0 Å². The van der Waals surface area contributed by atoms with Gasteiger partial charge in [-0.25, -0.2) is 0 Å². The summed E-state index contributed by atoms with van der Waals surface area (Å²) in [6.07, 6.45) is 0. The van der Waals surface area contributed by atoms with Crippen LogP contribution in [-0.2, 0) is 13.1 Å². The number of hydrogen-bond donors (Lipinski definition) is 1. The van der Waals surface area contributed by atoms with Crippen LogP contribution in [0.1, 0.15) is 11.1 Å². The summed E-state index contributed by atoms with van der Waals surface area (Å²) in [4.78, 5) is 3.69. The van der Waals surface area contributed by atoms with Crippen LogP contribution in [0.3, 0.4) is 0 Å². The second-order valence-corrected chi connectivity index (χ2v) is 3.81. The lowest BCUT2D eigenvalue weighted by Gasteiger charge is -2.05. The molecule has 0 saturated carbocycles. The van der Waals surface area contributed by atoms with Crippen molar-refractivity contribution < 1.29 is 9.47 Å². The van der Waals surface area contributed by atoms with Crippen molar-refractivity contribution in [3.8, 4) is 5.75 Å². The van der Waals surface area contributed by atoms with Crippen molar-refractivity contribution in [1.82, 2.24) is 5.32 Å². The summed E-state index contributed by atoms with van der Waals surface area (Å²) >= 11 is 0. The topological polar surface area (TPSA) is 21.3 Å². The first-order valence-electron chi connectivity index (χ1n) is 5.50. The molecular weight excluding hydrogens is 217 g/mol.